The number of carbonyl (C=O) groups excluding carboxylic acids is 2. The topological polar surface area (TPSA) is 136 Å². The van der Waals surface area contributed by atoms with Crippen LogP contribution in [0.15, 0.2) is 82.7 Å². The summed E-state index contributed by atoms with van der Waals surface area (Å²) in [7, 11) is 0. The van der Waals surface area contributed by atoms with E-state index in [1.54, 1.807) is 42.5 Å². The molecular formula is C28H21FN4O6S2. The van der Waals surface area contributed by atoms with Crippen LogP contribution in [0.5, 0.6) is 5.75 Å². The van der Waals surface area contributed by atoms with Gasteiger partial charge in [0.1, 0.15) is 17.3 Å². The van der Waals surface area contributed by atoms with Gasteiger partial charge in [0.05, 0.1) is 23.1 Å². The Hall–Kier alpha value is -4.62. The Labute approximate surface area is 241 Å². The fraction of sp³-hybridized carbons (Fsp3) is 0.143. The number of rotatable bonds is 9. The molecule has 1 aliphatic rings. The van der Waals surface area contributed by atoms with E-state index in [1.807, 2.05) is 6.92 Å². The maximum atomic E-state index is 14.1. The van der Waals surface area contributed by atoms with Crippen molar-refractivity contribution < 1.29 is 28.7 Å². The van der Waals surface area contributed by atoms with Crippen LogP contribution in [0.3, 0.4) is 0 Å². The summed E-state index contributed by atoms with van der Waals surface area (Å²) in [4.78, 5) is 38.5. The van der Waals surface area contributed by atoms with Gasteiger partial charge in [0, 0.05) is 23.4 Å². The lowest BCUT2D eigenvalue weighted by atomic mass is 9.95. The summed E-state index contributed by atoms with van der Waals surface area (Å²) in [5.74, 6) is -1.84. The second kappa shape index (κ2) is 11.9. The van der Waals surface area contributed by atoms with Crippen molar-refractivity contribution in [1.29, 1.82) is 0 Å². The molecule has 41 heavy (non-hydrogen) atoms. The third-order valence-electron chi connectivity index (χ3n) is 6.21. The van der Waals surface area contributed by atoms with Crippen LogP contribution < -0.4 is 9.64 Å². The number of thioether (sulfide) groups is 1. The van der Waals surface area contributed by atoms with Gasteiger partial charge in [-0.25, -0.2) is 4.39 Å². The van der Waals surface area contributed by atoms with Crippen LogP contribution >= 0.6 is 23.1 Å². The van der Waals surface area contributed by atoms with Crippen LogP contribution in [-0.2, 0) is 15.3 Å². The number of aromatic nitrogens is 2. The number of nitro groups is 1. The summed E-state index contributed by atoms with van der Waals surface area (Å²) in [6.07, 6.45) is 0. The van der Waals surface area contributed by atoms with E-state index in [0.717, 1.165) is 16.2 Å². The summed E-state index contributed by atoms with van der Waals surface area (Å²) < 4.78 is 19.9. The predicted molar refractivity (Wildman–Crippen MR) is 151 cm³/mol. The van der Waals surface area contributed by atoms with E-state index < -0.39 is 28.4 Å². The monoisotopic (exact) mass is 592 g/mol. The second-order valence-corrected chi connectivity index (χ2v) is 10.9. The number of ether oxygens (including phenoxy) is 1. The van der Waals surface area contributed by atoms with Crippen LogP contribution in [0.2, 0.25) is 0 Å². The molecule has 1 atom stereocenters. The number of ketones is 1. The fourth-order valence-electron chi connectivity index (χ4n) is 4.27. The van der Waals surface area contributed by atoms with E-state index in [0.29, 0.717) is 27.8 Å². The summed E-state index contributed by atoms with van der Waals surface area (Å²) in [6, 6.07) is 16.9. The van der Waals surface area contributed by atoms with Crippen molar-refractivity contribution >= 4 is 51.4 Å². The Morgan fingerprint density at radius 1 is 1.10 bits per heavy atom. The van der Waals surface area contributed by atoms with E-state index in [2.05, 4.69) is 10.2 Å². The first-order valence-corrected chi connectivity index (χ1v) is 14.1. The predicted octanol–water partition coefficient (Wildman–Crippen LogP) is 5.90. The van der Waals surface area contributed by atoms with E-state index >= 15 is 0 Å². The first-order valence-electron chi connectivity index (χ1n) is 12.3. The molecule has 1 aromatic heterocycles. The SMILES string of the molecule is CCOc1ccc(/C(O)=C2/C(=O)C(=O)N(c3nnc(SCc4ccccc4F)s3)C2c2ccc([N+](=O)[O-])cc2)cc1. The summed E-state index contributed by atoms with van der Waals surface area (Å²) >= 11 is 2.24. The van der Waals surface area contributed by atoms with Gasteiger partial charge in [-0.05, 0) is 60.5 Å². The molecule has 1 fully saturated rings. The lowest BCUT2D eigenvalue weighted by molar-refractivity contribution is -0.384. The highest BCUT2D eigenvalue weighted by Gasteiger charge is 2.48. The number of nitrogens with zero attached hydrogens (tertiary/aromatic N) is 4. The number of aliphatic hydroxyl groups is 1. The zero-order chi connectivity index (χ0) is 29.1. The number of nitro benzene ring substituents is 1. The minimum absolute atomic E-state index is 0.0808. The van der Waals surface area contributed by atoms with Crippen LogP contribution in [0, 0.1) is 15.9 Å². The molecule has 3 aromatic carbocycles. The average Bonchev–Trinajstić information content (AvgIpc) is 3.54. The number of halogens is 1. The van der Waals surface area contributed by atoms with E-state index in [4.69, 9.17) is 4.74 Å². The van der Waals surface area contributed by atoms with Crippen molar-refractivity contribution in [2.24, 2.45) is 0 Å². The highest BCUT2D eigenvalue weighted by Crippen LogP contribution is 2.44. The molecule has 1 amide bonds. The minimum atomic E-state index is -1.14. The van der Waals surface area contributed by atoms with Gasteiger partial charge in [-0.3, -0.25) is 24.6 Å². The quantitative estimate of drug-likeness (QED) is 0.0479. The van der Waals surface area contributed by atoms with Gasteiger partial charge in [0.2, 0.25) is 5.13 Å². The number of amides is 1. The van der Waals surface area contributed by atoms with Gasteiger partial charge < -0.3 is 9.84 Å². The molecular weight excluding hydrogens is 571 g/mol. The highest BCUT2D eigenvalue weighted by atomic mass is 32.2. The van der Waals surface area contributed by atoms with Gasteiger partial charge in [-0.1, -0.05) is 41.3 Å². The molecule has 13 heteroatoms. The number of aliphatic hydroxyl groups excluding tert-OH is 1. The molecule has 0 spiro atoms. The van der Waals surface area contributed by atoms with Crippen molar-refractivity contribution in [2.45, 2.75) is 23.1 Å². The molecule has 208 valence electrons. The molecule has 5 rings (SSSR count). The second-order valence-electron chi connectivity index (χ2n) is 8.71. The van der Waals surface area contributed by atoms with Gasteiger partial charge in [-0.2, -0.15) is 0 Å². The number of hydrogen-bond acceptors (Lipinski definition) is 10. The number of hydrogen-bond donors (Lipinski definition) is 1. The standard InChI is InChI=1S/C28H21FN4O6S2/c1-2-39-20-13-9-17(10-14-20)24(34)22-23(16-7-11-19(12-8-16)33(37)38)32(26(36)25(22)35)27-30-31-28(41-27)40-15-18-5-3-4-6-21(18)29/h3-14,23,34H,2,15H2,1H3/b24-22-. The van der Waals surface area contributed by atoms with Crippen molar-refractivity contribution in [3.05, 3.63) is 111 Å². The molecule has 0 bridgehead atoms. The van der Waals surface area contributed by atoms with Gasteiger partial charge >= 0.3 is 5.91 Å². The third-order valence-corrected chi connectivity index (χ3v) is 8.32. The maximum absolute atomic E-state index is 14.1. The summed E-state index contributed by atoms with van der Waals surface area (Å²) in [5, 5.41) is 30.8. The summed E-state index contributed by atoms with van der Waals surface area (Å²) in [5.41, 5.74) is 0.703. The number of Topliss-reactive ketones (excluding diaryl/α,β-unsaturated/α-hetero) is 1. The molecule has 1 saturated heterocycles. The van der Waals surface area contributed by atoms with Crippen molar-refractivity contribution in [2.75, 3.05) is 11.5 Å². The third kappa shape index (κ3) is 5.67. The Morgan fingerprint density at radius 2 is 1.80 bits per heavy atom. The normalized spacial score (nSPS) is 16.2. The molecule has 1 N–H and O–H groups in total. The Bertz CT molecular complexity index is 1660. The maximum Gasteiger partial charge on any atom is 0.301 e. The Balaban J connectivity index is 1.54. The van der Waals surface area contributed by atoms with Crippen molar-refractivity contribution in [1.82, 2.24) is 10.2 Å². The Kier molecular flexibility index (Phi) is 8.08. The number of non-ortho nitro benzene ring substituents is 1. The van der Waals surface area contributed by atoms with Gasteiger partial charge in [-0.15, -0.1) is 10.2 Å². The average molecular weight is 593 g/mol. The lowest BCUT2D eigenvalue weighted by Gasteiger charge is -2.22. The van der Waals surface area contributed by atoms with Gasteiger partial charge in [0.15, 0.2) is 4.34 Å². The molecule has 1 unspecified atom stereocenters. The first-order chi connectivity index (χ1) is 19.8. The van der Waals surface area contributed by atoms with Crippen LogP contribution in [0.25, 0.3) is 5.76 Å². The Morgan fingerprint density at radius 3 is 2.46 bits per heavy atom. The largest absolute Gasteiger partial charge is 0.507 e. The first kappa shape index (κ1) is 27.9. The minimum Gasteiger partial charge on any atom is -0.507 e. The molecule has 2 heterocycles. The van der Waals surface area contributed by atoms with E-state index in [9.17, 15) is 29.2 Å². The van der Waals surface area contributed by atoms with Crippen LogP contribution in [-0.4, -0.2) is 38.5 Å². The van der Waals surface area contributed by atoms with E-state index in [1.165, 1.54) is 42.1 Å². The zero-order valence-electron chi connectivity index (χ0n) is 21.4. The molecule has 1 aliphatic heterocycles. The van der Waals surface area contributed by atoms with Crippen LogP contribution in [0.4, 0.5) is 15.2 Å². The molecule has 0 radical (unpaired) electrons. The summed E-state index contributed by atoms with van der Waals surface area (Å²) in [6.45, 7) is 2.27. The molecule has 0 aliphatic carbocycles. The zero-order valence-corrected chi connectivity index (χ0v) is 23.0. The number of anilines is 1. The van der Waals surface area contributed by atoms with E-state index in [-0.39, 0.29) is 33.5 Å². The number of carbonyl (C=O) groups is 2. The number of benzene rings is 3. The van der Waals surface area contributed by atoms with Crippen molar-refractivity contribution in [3.8, 4) is 5.75 Å². The van der Waals surface area contributed by atoms with Gasteiger partial charge in [0.25, 0.3) is 11.5 Å². The highest BCUT2D eigenvalue weighted by molar-refractivity contribution is 8.00. The molecule has 4 aromatic rings. The lowest BCUT2D eigenvalue weighted by Crippen LogP contribution is -2.29. The fourth-order valence-corrected chi connectivity index (χ4v) is 6.12. The van der Waals surface area contributed by atoms with Crippen LogP contribution in [0.1, 0.15) is 29.7 Å². The van der Waals surface area contributed by atoms with Crippen molar-refractivity contribution in [3.63, 3.8) is 0 Å². The molecule has 0 saturated carbocycles. The molecule has 10 nitrogen and oxygen atoms in total. The smallest absolute Gasteiger partial charge is 0.301 e.